The summed E-state index contributed by atoms with van der Waals surface area (Å²) in [5.74, 6) is -3.48. The summed E-state index contributed by atoms with van der Waals surface area (Å²) in [5, 5.41) is 4.95. The minimum Gasteiger partial charge on any atom is -0.356 e. The van der Waals surface area contributed by atoms with E-state index < -0.39 is 67.8 Å². The molecule has 0 unspecified atom stereocenters. The van der Waals surface area contributed by atoms with Crippen molar-refractivity contribution in [1.82, 2.24) is 15.5 Å². The van der Waals surface area contributed by atoms with Crippen LogP contribution in [-0.2, 0) is 23.9 Å². The van der Waals surface area contributed by atoms with Gasteiger partial charge in [0.2, 0.25) is 24.1 Å². The highest BCUT2D eigenvalue weighted by Gasteiger charge is 2.55. The molecule has 186 valence electrons. The third-order valence-electron chi connectivity index (χ3n) is 6.43. The summed E-state index contributed by atoms with van der Waals surface area (Å²) >= 11 is 0. The van der Waals surface area contributed by atoms with Crippen LogP contribution < -0.4 is 10.6 Å². The van der Waals surface area contributed by atoms with Gasteiger partial charge in [-0.15, -0.1) is 13.2 Å². The molecule has 3 amide bonds. The monoisotopic (exact) mass is 483 g/mol. The van der Waals surface area contributed by atoms with E-state index in [0.29, 0.717) is 13.0 Å². The molecule has 3 atom stereocenters. The molecule has 3 fully saturated rings. The number of carbonyl (C=O) groups is 4. The maximum absolute atomic E-state index is 13.0. The first-order valence-corrected chi connectivity index (χ1v) is 10.8. The highest BCUT2D eigenvalue weighted by molar-refractivity contribution is 5.94. The molecule has 0 aromatic carbocycles. The molecule has 3 aliphatic rings. The fourth-order valence-corrected chi connectivity index (χ4v) is 4.41. The average molecular weight is 483 g/mol. The zero-order valence-corrected chi connectivity index (χ0v) is 17.8. The summed E-state index contributed by atoms with van der Waals surface area (Å²) < 4.78 is 65.8. The predicted octanol–water partition coefficient (Wildman–Crippen LogP) is 1.53. The van der Waals surface area contributed by atoms with Gasteiger partial charge in [-0.05, 0) is 37.5 Å². The van der Waals surface area contributed by atoms with Gasteiger partial charge in [-0.3, -0.25) is 23.9 Å². The second-order valence-electron chi connectivity index (χ2n) is 8.95. The Kier molecular flexibility index (Phi) is 7.59. The van der Waals surface area contributed by atoms with Crippen molar-refractivity contribution in [2.24, 2.45) is 11.3 Å². The van der Waals surface area contributed by atoms with Crippen molar-refractivity contribution in [3.63, 3.8) is 0 Å². The summed E-state index contributed by atoms with van der Waals surface area (Å²) in [6.45, 7) is -0.766. The van der Waals surface area contributed by atoms with Crippen LogP contribution in [0.1, 0.15) is 44.9 Å². The number of hydrogen-bond donors (Lipinski definition) is 2. The second kappa shape index (κ2) is 9.90. The molecule has 8 nitrogen and oxygen atoms in total. The van der Waals surface area contributed by atoms with Crippen LogP contribution in [0, 0.1) is 11.3 Å². The highest BCUT2D eigenvalue weighted by Crippen LogP contribution is 2.55. The number of Topliss-reactive ketones (excluding diaryl/α,β-unsaturated/α-hetero) is 1. The van der Waals surface area contributed by atoms with Gasteiger partial charge in [0.25, 0.3) is 0 Å². The molecule has 0 bridgehead atoms. The number of halogens is 5. The summed E-state index contributed by atoms with van der Waals surface area (Å²) in [7, 11) is 0. The van der Waals surface area contributed by atoms with Crippen LogP contribution in [0.4, 0.5) is 22.0 Å². The Morgan fingerprint density at radius 1 is 1.24 bits per heavy atom. The van der Waals surface area contributed by atoms with E-state index in [0.717, 1.165) is 12.8 Å². The number of hydrogen-bond acceptors (Lipinski definition) is 5. The van der Waals surface area contributed by atoms with E-state index >= 15 is 0 Å². The third kappa shape index (κ3) is 6.84. The Morgan fingerprint density at radius 3 is 2.48 bits per heavy atom. The average Bonchev–Trinajstić information content (AvgIpc) is 3.18. The lowest BCUT2D eigenvalue weighted by molar-refractivity contribution is -0.321. The molecule has 2 heterocycles. The number of ether oxygens (including phenoxy) is 1. The minimum absolute atomic E-state index is 0.213. The number of ketones is 1. The zero-order valence-electron chi connectivity index (χ0n) is 17.8. The summed E-state index contributed by atoms with van der Waals surface area (Å²) in [6.07, 6.45) is -6.87. The van der Waals surface area contributed by atoms with Crippen molar-refractivity contribution in [2.45, 2.75) is 69.8 Å². The van der Waals surface area contributed by atoms with Crippen molar-refractivity contribution in [2.75, 3.05) is 19.7 Å². The standard InChI is InChI=1S/C20H26F5N3O5/c21-15(22)1-2-16(30)28-10-19(4-5-19)8-13(28)18(32)27-12(7-11-3-6-26-17(11)31)14(29)9-33-20(23,24)25/h11-13,15H,1-10H2,(H,26,31)(H,27,32)/t11-,12-,13-/m0/s1. The SMILES string of the molecule is O=C1NCC[C@H]1C[C@H](NC(=O)[C@@H]1CC2(CC2)CN1C(=O)CCC(F)F)C(=O)COC(F)(F)F. The van der Waals surface area contributed by atoms with Crippen LogP contribution in [-0.4, -0.2) is 73.0 Å². The van der Waals surface area contributed by atoms with Crippen molar-refractivity contribution in [3.05, 3.63) is 0 Å². The van der Waals surface area contributed by atoms with Crippen LogP contribution in [0.5, 0.6) is 0 Å². The largest absolute Gasteiger partial charge is 0.522 e. The highest BCUT2D eigenvalue weighted by atomic mass is 19.4. The van der Waals surface area contributed by atoms with E-state index in [2.05, 4.69) is 15.4 Å². The lowest BCUT2D eigenvalue weighted by Crippen LogP contribution is -2.52. The predicted molar refractivity (Wildman–Crippen MR) is 102 cm³/mol. The summed E-state index contributed by atoms with van der Waals surface area (Å²) in [4.78, 5) is 51.0. The Bertz CT molecular complexity index is 787. The van der Waals surface area contributed by atoms with Gasteiger partial charge in [-0.2, -0.15) is 0 Å². The van der Waals surface area contributed by atoms with Crippen LogP contribution in [0.15, 0.2) is 0 Å². The first kappa shape index (κ1) is 25.3. The van der Waals surface area contributed by atoms with E-state index in [1.165, 1.54) is 4.90 Å². The van der Waals surface area contributed by atoms with E-state index in [-0.39, 0.29) is 30.7 Å². The number of likely N-dealkylation sites (tertiary alicyclic amines) is 1. The van der Waals surface area contributed by atoms with Crippen molar-refractivity contribution in [3.8, 4) is 0 Å². The third-order valence-corrected chi connectivity index (χ3v) is 6.43. The summed E-state index contributed by atoms with van der Waals surface area (Å²) in [6, 6.07) is -2.45. The van der Waals surface area contributed by atoms with Crippen molar-refractivity contribution >= 4 is 23.5 Å². The molecular formula is C20H26F5N3O5. The van der Waals surface area contributed by atoms with Gasteiger partial charge in [-0.1, -0.05) is 0 Å². The van der Waals surface area contributed by atoms with Gasteiger partial charge in [-0.25, -0.2) is 8.78 Å². The van der Waals surface area contributed by atoms with Gasteiger partial charge in [0, 0.05) is 31.8 Å². The number of alkyl halides is 5. The van der Waals surface area contributed by atoms with Gasteiger partial charge in [0.05, 0.1) is 6.04 Å². The molecule has 2 N–H and O–H groups in total. The van der Waals surface area contributed by atoms with Crippen molar-refractivity contribution < 1.29 is 45.9 Å². The van der Waals surface area contributed by atoms with Gasteiger partial charge in [0.1, 0.15) is 12.6 Å². The van der Waals surface area contributed by atoms with Crippen LogP contribution >= 0.6 is 0 Å². The van der Waals surface area contributed by atoms with Gasteiger partial charge >= 0.3 is 6.36 Å². The van der Waals surface area contributed by atoms with E-state index in [4.69, 9.17) is 0 Å². The zero-order chi connectivity index (χ0) is 24.4. The first-order chi connectivity index (χ1) is 15.4. The van der Waals surface area contributed by atoms with Crippen LogP contribution in [0.2, 0.25) is 0 Å². The van der Waals surface area contributed by atoms with Crippen LogP contribution in [0.25, 0.3) is 0 Å². The topological polar surface area (TPSA) is 105 Å². The number of nitrogens with zero attached hydrogens (tertiary/aromatic N) is 1. The molecule has 2 saturated heterocycles. The Hall–Kier alpha value is -2.31. The summed E-state index contributed by atoms with van der Waals surface area (Å²) in [5.41, 5.74) is -0.271. The van der Waals surface area contributed by atoms with E-state index in [1.54, 1.807) is 0 Å². The molecule has 1 saturated carbocycles. The van der Waals surface area contributed by atoms with Gasteiger partial charge in [0.15, 0.2) is 5.78 Å². The molecule has 3 rings (SSSR count). The molecule has 1 spiro atoms. The number of rotatable bonds is 10. The maximum atomic E-state index is 13.0. The molecule has 0 radical (unpaired) electrons. The van der Waals surface area contributed by atoms with Crippen LogP contribution in [0.3, 0.4) is 0 Å². The quantitative estimate of drug-likeness (QED) is 0.459. The van der Waals surface area contributed by atoms with E-state index in [9.17, 15) is 41.1 Å². The Balaban J connectivity index is 1.69. The Morgan fingerprint density at radius 2 is 1.94 bits per heavy atom. The lowest BCUT2D eigenvalue weighted by atomic mass is 9.95. The number of carbonyl (C=O) groups excluding carboxylic acids is 4. The second-order valence-corrected chi connectivity index (χ2v) is 8.95. The fourth-order valence-electron chi connectivity index (χ4n) is 4.41. The molecule has 2 aliphatic heterocycles. The molecular weight excluding hydrogens is 457 g/mol. The van der Waals surface area contributed by atoms with Crippen molar-refractivity contribution in [1.29, 1.82) is 0 Å². The molecule has 0 aromatic rings. The minimum atomic E-state index is -5.05. The number of amides is 3. The molecule has 13 heteroatoms. The molecule has 33 heavy (non-hydrogen) atoms. The van der Waals surface area contributed by atoms with Gasteiger partial charge < -0.3 is 15.5 Å². The number of nitrogens with one attached hydrogen (secondary N) is 2. The molecule has 1 aliphatic carbocycles. The smallest absolute Gasteiger partial charge is 0.356 e. The first-order valence-electron chi connectivity index (χ1n) is 10.8. The lowest BCUT2D eigenvalue weighted by Gasteiger charge is -2.27. The molecule has 0 aromatic heterocycles. The maximum Gasteiger partial charge on any atom is 0.522 e. The fraction of sp³-hybridized carbons (Fsp3) is 0.800. The van der Waals surface area contributed by atoms with E-state index in [1.807, 2.05) is 0 Å². The normalized spacial score (nSPS) is 24.8. The Labute approximate surface area is 186 Å².